The van der Waals surface area contributed by atoms with Crippen molar-refractivity contribution < 1.29 is 66.4 Å². The van der Waals surface area contributed by atoms with Gasteiger partial charge in [0.15, 0.2) is 27.7 Å². The van der Waals surface area contributed by atoms with Gasteiger partial charge in [-0.1, -0.05) is 23.5 Å². The number of methoxy groups -OCH3 is 2. The topological polar surface area (TPSA) is 413 Å². The van der Waals surface area contributed by atoms with E-state index in [1.165, 1.54) is 48.7 Å². The zero-order chi connectivity index (χ0) is 100.0. The number of thiazole rings is 4. The van der Waals surface area contributed by atoms with Gasteiger partial charge < -0.3 is 85.1 Å². The number of ether oxygens (including phenoxy) is 8. The SMILES string of the molecule is COCCNc1nc(C)c(-c2nc3c(C)nccc3s2)c(N[C@@H]2CC(C(C)(C)F)[C@@H](O)[C@H]2O)n1.COCCNc1nc(C)c(-c2nc3c(C)nccc3s2)c(N[C@@H]2CC(C(C)(C)F)[C@H]3OC(C)(C)O[C@H]32)n1.CSc1nc(C)c(-c2nc3c(C)nccc3s2)c(N[C@@H]2CC(C(C)(C)F)[C@H]3OC(C)(C)O[C@H]32)n1.CSc1nc(C)c(-c2nc3c(C)nccc3s2)c(N[C@@H]2CC(C(C)(C)O)[C@H]3OC(C)(C)O[C@H]32)n1. The zero-order valence-corrected chi connectivity index (χ0v) is 88.3. The molecule has 0 spiro atoms. The highest BCUT2D eigenvalue weighted by molar-refractivity contribution is 7.98. The molecule has 4 saturated carbocycles. The number of halogens is 3. The van der Waals surface area contributed by atoms with Gasteiger partial charge in [-0.05, 0) is 215 Å². The number of pyridine rings is 4. The monoisotopic (exact) mass is 2020 g/mol. The minimum absolute atomic E-state index is 0.0700. The molecule has 3 saturated heterocycles. The predicted octanol–water partition coefficient (Wildman–Crippen LogP) is 18.1. The predicted molar refractivity (Wildman–Crippen MR) is 543 cm³/mol. The average Bonchev–Trinajstić information content (AvgIpc) is 1.59. The molecule has 19 rings (SSSR count). The molecule has 12 aromatic rings. The Labute approximate surface area is 832 Å². The first-order valence-corrected chi connectivity index (χ1v) is 52.5. The number of thioether (sulfide) groups is 2. The first-order valence-electron chi connectivity index (χ1n) is 46.8. The molecule has 12 aromatic heterocycles. The number of hydrogen-bond donors (Lipinski definition) is 9. The van der Waals surface area contributed by atoms with Crippen LogP contribution in [0.3, 0.4) is 0 Å². The fourth-order valence-corrected chi connectivity index (χ4v) is 25.1. The molecule has 0 bridgehead atoms. The summed E-state index contributed by atoms with van der Waals surface area (Å²) >= 11 is 9.27. The minimum Gasteiger partial charge on any atom is -0.390 e. The first kappa shape index (κ1) is 103. The van der Waals surface area contributed by atoms with E-state index in [0.29, 0.717) is 101 Å². The van der Waals surface area contributed by atoms with Crippen molar-refractivity contribution in [3.8, 4) is 42.3 Å². The van der Waals surface area contributed by atoms with Crippen molar-refractivity contribution in [1.29, 1.82) is 0 Å². The van der Waals surface area contributed by atoms with Crippen LogP contribution in [-0.2, 0) is 37.9 Å². The summed E-state index contributed by atoms with van der Waals surface area (Å²) in [4.78, 5) is 74.9. The molecule has 15 heterocycles. The van der Waals surface area contributed by atoms with Gasteiger partial charge in [-0.15, -0.1) is 45.3 Å². The van der Waals surface area contributed by atoms with Crippen LogP contribution in [0, 0.1) is 79.1 Å². The maximum atomic E-state index is 15.3. The fraction of sp³-hybridized carbons (Fsp3) is 0.588. The molecular formula is C97H127F3N22O11S6. The maximum Gasteiger partial charge on any atom is 0.224 e. The molecule has 748 valence electrons. The molecule has 33 nitrogen and oxygen atoms in total. The van der Waals surface area contributed by atoms with Gasteiger partial charge in [0.05, 0.1) is 154 Å². The second-order valence-corrected chi connectivity index (χ2v) is 45.7. The van der Waals surface area contributed by atoms with Crippen LogP contribution < -0.4 is 31.9 Å². The number of alkyl halides is 3. The molecule has 7 fully saturated rings. The number of nitrogens with zero attached hydrogens (tertiary/aromatic N) is 16. The van der Waals surface area contributed by atoms with Crippen molar-refractivity contribution >= 4 is 145 Å². The van der Waals surface area contributed by atoms with Crippen LogP contribution in [0.4, 0.5) is 48.3 Å². The smallest absolute Gasteiger partial charge is 0.224 e. The number of hydrogen-bond acceptors (Lipinski definition) is 39. The van der Waals surface area contributed by atoms with Gasteiger partial charge in [0.25, 0.3) is 0 Å². The minimum atomic E-state index is -1.63. The van der Waals surface area contributed by atoms with Crippen molar-refractivity contribution in [3.63, 3.8) is 0 Å². The highest BCUT2D eigenvalue weighted by atomic mass is 32.2. The van der Waals surface area contributed by atoms with Crippen molar-refractivity contribution in [2.45, 2.75) is 301 Å². The molecule has 42 heteroatoms. The Balaban J connectivity index is 0.000000134. The number of aromatic nitrogens is 16. The third-order valence-electron chi connectivity index (χ3n) is 26.6. The molecule has 7 aliphatic rings. The highest BCUT2D eigenvalue weighted by Gasteiger charge is 2.62. The molecule has 0 radical (unpaired) electrons. The van der Waals surface area contributed by atoms with E-state index in [2.05, 4.69) is 66.8 Å². The van der Waals surface area contributed by atoms with Crippen LogP contribution in [0.25, 0.3) is 83.2 Å². The van der Waals surface area contributed by atoms with E-state index in [1.54, 1.807) is 94.5 Å². The first-order chi connectivity index (χ1) is 65.5. The Morgan fingerprint density at radius 2 is 0.647 bits per heavy atom. The van der Waals surface area contributed by atoms with Crippen molar-refractivity contribution in [2.75, 3.05) is 84.9 Å². The van der Waals surface area contributed by atoms with Crippen molar-refractivity contribution in [1.82, 2.24) is 79.7 Å². The molecule has 9 N–H and O–H groups in total. The lowest BCUT2D eigenvalue weighted by molar-refractivity contribution is -0.166. The Morgan fingerprint density at radius 1 is 0.374 bits per heavy atom. The van der Waals surface area contributed by atoms with Crippen LogP contribution >= 0.6 is 68.9 Å². The number of fused-ring (bicyclic) bond motifs is 7. The number of nitrogens with one attached hydrogen (secondary N) is 6. The zero-order valence-electron chi connectivity index (χ0n) is 83.4. The van der Waals surface area contributed by atoms with Crippen LogP contribution in [0.1, 0.15) is 168 Å². The van der Waals surface area contributed by atoms with E-state index in [0.717, 1.165) is 118 Å². The summed E-state index contributed by atoms with van der Waals surface area (Å²) in [5.41, 5.74) is 8.05. The number of aryl methyl sites for hydroxylation is 8. The van der Waals surface area contributed by atoms with E-state index in [9.17, 15) is 19.7 Å². The Hall–Kier alpha value is -8.67. The molecule has 0 aromatic carbocycles. The quantitative estimate of drug-likeness (QED) is 0.0138. The van der Waals surface area contributed by atoms with Crippen molar-refractivity contribution in [2.24, 2.45) is 23.7 Å². The third kappa shape index (κ3) is 22.2. The second kappa shape index (κ2) is 40.5. The lowest BCUT2D eigenvalue weighted by atomic mass is 9.87. The molecule has 4 aliphatic carbocycles. The summed E-state index contributed by atoms with van der Waals surface area (Å²) in [7, 11) is 3.27. The Kier molecular flexibility index (Phi) is 30.1. The standard InChI is InChI=1S/C26H35FN6O3S.C24H30FN5O2S2.C24H31N5O3S2.C23H31FN6O3S/c1-13-18(23-32-19-14(2)28-9-8-17(19)37-23)22(33-24(30-13)29-10-11-34-7)31-16-12-15(25(3,4)27)20-21(16)36-26(5,6)35-20;1-11-16(21-29-17-12(2)26-9-8-15(17)34-21)20(30-22(27-11)33-7)28-14-10-13(23(3,4)25)18-19(14)32-24(5,6)31-18;1-11-16(21-28-17-12(2)25-9-8-15(17)34-21)20(29-22(26-11)33-7)27-14-10-13(23(3,4)30)18-19(14)32-24(5,6)31-18;1-11-16(21-29-17-12(2)25-7-6-15(17)34-21)20(30-22(27-11)26-8-9-33-5)28-14-10-13(23(3,4)24)18(31)19(14)32/h8-9,15-16,20-21H,10-12H2,1-7H3,(H2,29,30,31,33);8-9,13-14,18-19H,10H2,1-7H3,(H,27,28,30);8-9,13-14,18-19,30H,10H2,1-7H3,(H,26,27,29);6-7,13-14,18-19,31-32H,8-10H2,1-5H3,(H2,26,27,28,30)/t15?,16-,20-,21+;3*13?,14-,18-,19+/m1111/s1. The van der Waals surface area contributed by atoms with Gasteiger partial charge in [0, 0.05) is 75.8 Å². The summed E-state index contributed by atoms with van der Waals surface area (Å²) in [5.74, 6) is -0.233. The van der Waals surface area contributed by atoms with Gasteiger partial charge in [-0.3, -0.25) is 19.9 Å². The summed E-state index contributed by atoms with van der Waals surface area (Å²) in [5, 5.41) is 57.2. The summed E-state index contributed by atoms with van der Waals surface area (Å²) in [6, 6.07) is 6.82. The van der Waals surface area contributed by atoms with Crippen LogP contribution in [0.15, 0.2) is 59.4 Å². The van der Waals surface area contributed by atoms with Gasteiger partial charge in [0.1, 0.15) is 107 Å². The molecule has 16 atom stereocenters. The van der Waals surface area contributed by atoms with Crippen LogP contribution in [0.5, 0.6) is 0 Å². The maximum absolute atomic E-state index is 15.3. The lowest BCUT2D eigenvalue weighted by Gasteiger charge is -2.31. The second-order valence-electron chi connectivity index (χ2n) is 40.0. The number of rotatable bonds is 26. The molecule has 4 unspecified atom stereocenters. The summed E-state index contributed by atoms with van der Waals surface area (Å²) < 4.78 is 97.0. The normalized spacial score (nSPS) is 25.1. The average molecular weight is 2030 g/mol. The number of aliphatic hydroxyl groups is 3. The molecule has 0 amide bonds. The van der Waals surface area contributed by atoms with Crippen LogP contribution in [-0.4, -0.2) is 261 Å². The summed E-state index contributed by atoms with van der Waals surface area (Å²) in [6.45, 7) is 42.0. The van der Waals surface area contributed by atoms with Gasteiger partial charge in [-0.2, -0.15) is 9.97 Å². The largest absolute Gasteiger partial charge is 0.390 e. The van der Waals surface area contributed by atoms with E-state index < -0.39 is 64.1 Å². The van der Waals surface area contributed by atoms with E-state index in [1.807, 2.05) is 154 Å². The van der Waals surface area contributed by atoms with E-state index in [4.69, 9.17) is 82.8 Å². The number of anilines is 6. The molecular weight excluding hydrogens is 1900 g/mol. The lowest BCUT2D eigenvalue weighted by Crippen LogP contribution is -2.39. The van der Waals surface area contributed by atoms with Crippen LogP contribution in [0.2, 0.25) is 0 Å². The Bertz CT molecular complexity index is 6280. The van der Waals surface area contributed by atoms with Gasteiger partial charge in [-0.25, -0.2) is 63.0 Å². The molecule has 139 heavy (non-hydrogen) atoms. The van der Waals surface area contributed by atoms with E-state index >= 15 is 8.78 Å². The van der Waals surface area contributed by atoms with Gasteiger partial charge >= 0.3 is 0 Å². The summed E-state index contributed by atoms with van der Waals surface area (Å²) in [6.07, 6.45) is 9.17. The number of aliphatic hydroxyl groups excluding tert-OH is 2. The molecule has 3 aliphatic heterocycles. The highest BCUT2D eigenvalue weighted by Crippen LogP contribution is 2.54. The van der Waals surface area contributed by atoms with Crippen molar-refractivity contribution in [3.05, 3.63) is 94.6 Å². The Morgan fingerprint density at radius 3 is 0.928 bits per heavy atom. The van der Waals surface area contributed by atoms with Gasteiger partial charge in [0.2, 0.25) is 11.9 Å². The van der Waals surface area contributed by atoms with E-state index in [-0.39, 0.29) is 78.9 Å². The fourth-order valence-electron chi connectivity index (χ4n) is 19.9. The third-order valence-corrected chi connectivity index (χ3v) is 31.8.